The molecule has 20 heavy (non-hydrogen) atoms. The van der Waals surface area contributed by atoms with Crippen LogP contribution >= 0.6 is 11.6 Å². The van der Waals surface area contributed by atoms with Crippen molar-refractivity contribution in [1.82, 2.24) is 14.5 Å². The van der Waals surface area contributed by atoms with Crippen molar-refractivity contribution in [3.63, 3.8) is 0 Å². The molecule has 2 aromatic heterocycles. The Morgan fingerprint density at radius 2 is 2.00 bits per heavy atom. The van der Waals surface area contributed by atoms with Crippen molar-refractivity contribution in [2.75, 3.05) is 0 Å². The van der Waals surface area contributed by atoms with E-state index in [4.69, 9.17) is 11.6 Å². The van der Waals surface area contributed by atoms with Gasteiger partial charge < -0.3 is 4.57 Å². The number of aromatic nitrogens is 3. The average Bonchev–Trinajstić information content (AvgIpc) is 2.81. The number of imidazole rings is 1. The summed E-state index contributed by atoms with van der Waals surface area (Å²) in [5.74, 6) is 0.352. The van der Waals surface area contributed by atoms with E-state index in [9.17, 15) is 4.79 Å². The summed E-state index contributed by atoms with van der Waals surface area (Å²) in [5.41, 5.74) is 2.49. The lowest BCUT2D eigenvalue weighted by Gasteiger charge is -2.07. The second-order valence-electron chi connectivity index (χ2n) is 4.55. The SMILES string of the molecule is CC(=O)c1nc2cccnc2n1Cc1ccc(Cl)cc1. The molecule has 0 spiro atoms. The number of hydrogen-bond acceptors (Lipinski definition) is 3. The van der Waals surface area contributed by atoms with Crippen LogP contribution in [-0.2, 0) is 6.54 Å². The molecule has 0 aliphatic rings. The van der Waals surface area contributed by atoms with Crippen LogP contribution in [0.3, 0.4) is 0 Å². The number of halogens is 1. The molecule has 0 aliphatic carbocycles. The van der Waals surface area contributed by atoms with E-state index in [0.29, 0.717) is 23.0 Å². The number of hydrogen-bond donors (Lipinski definition) is 0. The number of benzene rings is 1. The van der Waals surface area contributed by atoms with Crippen molar-refractivity contribution in [2.45, 2.75) is 13.5 Å². The molecule has 100 valence electrons. The molecule has 0 amide bonds. The monoisotopic (exact) mass is 285 g/mol. The standard InChI is InChI=1S/C15H12ClN3O/c1-10(20)14-18-13-3-2-8-17-15(13)19(14)9-11-4-6-12(16)7-5-11/h2-8H,9H2,1H3. The van der Waals surface area contributed by atoms with Gasteiger partial charge in [-0.05, 0) is 29.8 Å². The van der Waals surface area contributed by atoms with E-state index in [2.05, 4.69) is 9.97 Å². The minimum absolute atomic E-state index is 0.0723. The number of nitrogens with zero attached hydrogens (tertiary/aromatic N) is 3. The van der Waals surface area contributed by atoms with Crippen LogP contribution in [0.5, 0.6) is 0 Å². The maximum absolute atomic E-state index is 11.7. The number of carbonyl (C=O) groups is 1. The number of ketones is 1. The normalized spacial score (nSPS) is 10.9. The molecule has 5 heteroatoms. The molecule has 0 saturated carbocycles. The second kappa shape index (κ2) is 5.06. The van der Waals surface area contributed by atoms with Crippen LogP contribution in [0.2, 0.25) is 5.02 Å². The molecule has 1 aromatic carbocycles. The summed E-state index contributed by atoms with van der Waals surface area (Å²) in [4.78, 5) is 20.4. The summed E-state index contributed by atoms with van der Waals surface area (Å²) in [6, 6.07) is 11.2. The fourth-order valence-corrected chi connectivity index (χ4v) is 2.28. The van der Waals surface area contributed by atoms with Gasteiger partial charge in [0.15, 0.2) is 17.3 Å². The lowest BCUT2D eigenvalue weighted by Crippen LogP contribution is -2.09. The molecule has 2 heterocycles. The fraction of sp³-hybridized carbons (Fsp3) is 0.133. The highest BCUT2D eigenvalue weighted by Gasteiger charge is 2.15. The number of rotatable bonds is 3. The Balaban J connectivity index is 2.11. The van der Waals surface area contributed by atoms with E-state index in [1.807, 2.05) is 41.0 Å². The van der Waals surface area contributed by atoms with Gasteiger partial charge in [0.2, 0.25) is 0 Å². The number of fused-ring (bicyclic) bond motifs is 1. The van der Waals surface area contributed by atoms with Gasteiger partial charge in [-0.1, -0.05) is 23.7 Å². The molecule has 3 rings (SSSR count). The Kier molecular flexibility index (Phi) is 3.24. The molecule has 0 N–H and O–H groups in total. The molecular formula is C15H12ClN3O. The first-order valence-electron chi connectivity index (χ1n) is 6.22. The van der Waals surface area contributed by atoms with Gasteiger partial charge in [-0.15, -0.1) is 0 Å². The van der Waals surface area contributed by atoms with Gasteiger partial charge in [-0.2, -0.15) is 0 Å². The largest absolute Gasteiger partial charge is 0.302 e. The summed E-state index contributed by atoms with van der Waals surface area (Å²) in [6.45, 7) is 2.05. The predicted molar refractivity (Wildman–Crippen MR) is 78.1 cm³/mol. The Bertz CT molecular complexity index is 777. The van der Waals surface area contributed by atoms with E-state index >= 15 is 0 Å². The molecule has 4 nitrogen and oxygen atoms in total. The van der Waals surface area contributed by atoms with Crippen LogP contribution in [0, 0.1) is 0 Å². The fourth-order valence-electron chi connectivity index (χ4n) is 2.15. The molecular weight excluding hydrogens is 274 g/mol. The van der Waals surface area contributed by atoms with Gasteiger partial charge in [0.1, 0.15) is 5.52 Å². The Morgan fingerprint density at radius 3 is 2.70 bits per heavy atom. The van der Waals surface area contributed by atoms with E-state index in [1.54, 1.807) is 6.20 Å². The summed E-state index contributed by atoms with van der Waals surface area (Å²) in [6.07, 6.45) is 1.70. The van der Waals surface area contributed by atoms with Crippen molar-refractivity contribution in [2.24, 2.45) is 0 Å². The Morgan fingerprint density at radius 1 is 1.25 bits per heavy atom. The second-order valence-corrected chi connectivity index (χ2v) is 4.99. The van der Waals surface area contributed by atoms with E-state index in [1.165, 1.54) is 6.92 Å². The highest BCUT2D eigenvalue weighted by molar-refractivity contribution is 6.30. The smallest absolute Gasteiger partial charge is 0.195 e. The third-order valence-corrected chi connectivity index (χ3v) is 3.32. The van der Waals surface area contributed by atoms with Gasteiger partial charge in [0.25, 0.3) is 0 Å². The van der Waals surface area contributed by atoms with Gasteiger partial charge in [0, 0.05) is 18.1 Å². The van der Waals surface area contributed by atoms with Gasteiger partial charge in [0.05, 0.1) is 6.54 Å². The molecule has 0 radical (unpaired) electrons. The quantitative estimate of drug-likeness (QED) is 0.694. The van der Waals surface area contributed by atoms with E-state index in [-0.39, 0.29) is 5.78 Å². The lowest BCUT2D eigenvalue weighted by atomic mass is 10.2. The van der Waals surface area contributed by atoms with Crippen molar-refractivity contribution in [3.05, 3.63) is 59.0 Å². The van der Waals surface area contributed by atoms with E-state index in [0.717, 1.165) is 11.1 Å². The Hall–Kier alpha value is -2.20. The predicted octanol–water partition coefficient (Wildman–Crippen LogP) is 3.34. The minimum Gasteiger partial charge on any atom is -0.302 e. The maximum atomic E-state index is 11.7. The number of pyridine rings is 1. The van der Waals surface area contributed by atoms with Gasteiger partial charge in [-0.3, -0.25) is 4.79 Å². The minimum atomic E-state index is -0.0723. The summed E-state index contributed by atoms with van der Waals surface area (Å²) >= 11 is 5.88. The van der Waals surface area contributed by atoms with Crippen LogP contribution in [-0.4, -0.2) is 20.3 Å². The Labute approximate surface area is 121 Å². The van der Waals surface area contributed by atoms with Crippen LogP contribution in [0.15, 0.2) is 42.6 Å². The maximum Gasteiger partial charge on any atom is 0.195 e. The van der Waals surface area contributed by atoms with Crippen molar-refractivity contribution in [3.8, 4) is 0 Å². The van der Waals surface area contributed by atoms with E-state index < -0.39 is 0 Å². The third kappa shape index (κ3) is 2.30. The third-order valence-electron chi connectivity index (χ3n) is 3.07. The van der Waals surface area contributed by atoms with Crippen molar-refractivity contribution >= 4 is 28.5 Å². The van der Waals surface area contributed by atoms with Crippen molar-refractivity contribution < 1.29 is 4.79 Å². The highest BCUT2D eigenvalue weighted by Crippen LogP contribution is 2.17. The van der Waals surface area contributed by atoms with Crippen LogP contribution in [0.1, 0.15) is 23.1 Å². The molecule has 0 fully saturated rings. The summed E-state index contributed by atoms with van der Waals surface area (Å²) < 4.78 is 1.83. The first-order valence-corrected chi connectivity index (χ1v) is 6.59. The highest BCUT2D eigenvalue weighted by atomic mass is 35.5. The number of carbonyl (C=O) groups excluding carboxylic acids is 1. The number of Topliss-reactive ketones (excluding diaryl/α,β-unsaturated/α-hetero) is 1. The zero-order chi connectivity index (χ0) is 14.1. The van der Waals surface area contributed by atoms with Gasteiger partial charge in [-0.25, -0.2) is 9.97 Å². The average molecular weight is 286 g/mol. The topological polar surface area (TPSA) is 47.8 Å². The molecule has 3 aromatic rings. The molecule has 0 bridgehead atoms. The summed E-state index contributed by atoms with van der Waals surface area (Å²) in [5, 5.41) is 0.689. The van der Waals surface area contributed by atoms with Crippen LogP contribution in [0.4, 0.5) is 0 Å². The first kappa shape index (κ1) is 12.8. The summed E-state index contributed by atoms with van der Waals surface area (Å²) in [7, 11) is 0. The molecule has 0 aliphatic heterocycles. The van der Waals surface area contributed by atoms with Gasteiger partial charge >= 0.3 is 0 Å². The first-order chi connectivity index (χ1) is 9.65. The zero-order valence-corrected chi connectivity index (χ0v) is 11.6. The van der Waals surface area contributed by atoms with Crippen LogP contribution < -0.4 is 0 Å². The lowest BCUT2D eigenvalue weighted by molar-refractivity contribution is 0.100. The van der Waals surface area contributed by atoms with Crippen molar-refractivity contribution in [1.29, 1.82) is 0 Å². The molecule has 0 saturated heterocycles. The molecule has 0 unspecified atom stereocenters. The molecule has 0 atom stereocenters. The zero-order valence-electron chi connectivity index (χ0n) is 10.9. The van der Waals surface area contributed by atoms with Crippen LogP contribution in [0.25, 0.3) is 11.2 Å².